The van der Waals surface area contributed by atoms with Crippen LogP contribution in [0.4, 0.5) is 5.69 Å². The van der Waals surface area contributed by atoms with Crippen LogP contribution in [0.1, 0.15) is 24.1 Å². The molecule has 1 amide bonds. The van der Waals surface area contributed by atoms with Gasteiger partial charge in [0.05, 0.1) is 50.3 Å². The summed E-state index contributed by atoms with van der Waals surface area (Å²) < 4.78 is 23.9. The lowest BCUT2D eigenvalue weighted by molar-refractivity contribution is -0.113. The number of carbonyl (C=O) groups excluding carboxylic acids is 1. The molecule has 0 bridgehead atoms. The van der Waals surface area contributed by atoms with Crippen molar-refractivity contribution in [3.05, 3.63) is 109 Å². The van der Waals surface area contributed by atoms with E-state index in [1.165, 1.54) is 25.6 Å². The summed E-state index contributed by atoms with van der Waals surface area (Å²) in [7, 11) is 6.18. The molecule has 0 unspecified atom stereocenters. The van der Waals surface area contributed by atoms with Gasteiger partial charge in [-0.25, -0.2) is 4.99 Å². The van der Waals surface area contributed by atoms with E-state index in [2.05, 4.69) is 5.32 Å². The third kappa shape index (κ3) is 5.21. The Kier molecular flexibility index (Phi) is 7.93. The quantitative estimate of drug-likeness (QED) is 0.344. The van der Waals surface area contributed by atoms with Gasteiger partial charge in [-0.15, -0.1) is 0 Å². The number of carbonyl (C=O) groups is 1. The number of nitrogens with one attached hydrogen (secondary N) is 1. The largest absolute Gasteiger partial charge is 0.497 e. The molecule has 9 nitrogen and oxygen atoms in total. The third-order valence-corrected chi connectivity index (χ3v) is 7.73. The molecule has 10 heteroatoms. The van der Waals surface area contributed by atoms with Crippen molar-refractivity contribution in [3.8, 4) is 23.0 Å². The van der Waals surface area contributed by atoms with Crippen LogP contribution >= 0.6 is 11.3 Å². The third-order valence-electron chi connectivity index (χ3n) is 6.75. The van der Waals surface area contributed by atoms with Gasteiger partial charge in [-0.2, -0.15) is 0 Å². The Bertz CT molecular complexity index is 1810. The molecule has 41 heavy (non-hydrogen) atoms. The number of fused-ring (bicyclic) bond motifs is 1. The minimum atomic E-state index is -0.713. The highest BCUT2D eigenvalue weighted by molar-refractivity contribution is 7.07. The van der Waals surface area contributed by atoms with Crippen LogP contribution in [0.2, 0.25) is 0 Å². The molecule has 0 fully saturated rings. The number of aromatic nitrogens is 1. The minimum Gasteiger partial charge on any atom is -0.497 e. The van der Waals surface area contributed by atoms with Gasteiger partial charge < -0.3 is 24.3 Å². The number of hydrogen-bond donors (Lipinski definition) is 1. The number of nitrogens with zero attached hydrogens (tertiary/aromatic N) is 2. The summed E-state index contributed by atoms with van der Waals surface area (Å²) in [5.41, 5.74) is 2.63. The van der Waals surface area contributed by atoms with Gasteiger partial charge in [-0.05, 0) is 55.0 Å². The van der Waals surface area contributed by atoms with Gasteiger partial charge in [0.25, 0.3) is 11.5 Å². The highest BCUT2D eigenvalue weighted by atomic mass is 32.1. The topological polar surface area (TPSA) is 100 Å². The number of thiazole rings is 1. The van der Waals surface area contributed by atoms with Crippen LogP contribution in [0, 0.1) is 0 Å². The van der Waals surface area contributed by atoms with Crippen LogP contribution in [-0.4, -0.2) is 38.9 Å². The van der Waals surface area contributed by atoms with Gasteiger partial charge >= 0.3 is 0 Å². The number of amides is 1. The Balaban J connectivity index is 1.69. The zero-order valence-electron chi connectivity index (χ0n) is 23.3. The van der Waals surface area contributed by atoms with Gasteiger partial charge in [-0.1, -0.05) is 41.7 Å². The number of methoxy groups -OCH3 is 4. The Hall–Kier alpha value is -4.83. The second-order valence-corrected chi connectivity index (χ2v) is 10.1. The molecule has 0 spiro atoms. The molecule has 0 aliphatic carbocycles. The summed E-state index contributed by atoms with van der Waals surface area (Å²) in [6, 6.07) is 19.3. The number of ether oxygens (including phenoxy) is 4. The fourth-order valence-corrected chi connectivity index (χ4v) is 5.85. The monoisotopic (exact) mass is 571 g/mol. The molecule has 0 saturated carbocycles. The molecule has 1 atom stereocenters. The Labute approximate surface area is 240 Å². The maximum atomic E-state index is 14.0. The van der Waals surface area contributed by atoms with Gasteiger partial charge in [0.2, 0.25) is 5.75 Å². The van der Waals surface area contributed by atoms with Crippen molar-refractivity contribution < 1.29 is 23.7 Å². The molecule has 3 aromatic carbocycles. The molecular weight excluding hydrogens is 542 g/mol. The lowest BCUT2D eigenvalue weighted by Gasteiger charge is -2.25. The predicted octanol–water partition coefficient (Wildman–Crippen LogP) is 3.91. The normalized spacial score (nSPS) is 14.7. The fraction of sp³-hybridized carbons (Fsp3) is 0.194. The van der Waals surface area contributed by atoms with Gasteiger partial charge in [0, 0.05) is 11.3 Å². The second-order valence-electron chi connectivity index (χ2n) is 9.10. The van der Waals surface area contributed by atoms with E-state index < -0.39 is 6.04 Å². The van der Waals surface area contributed by atoms with Crippen LogP contribution in [0.5, 0.6) is 23.0 Å². The average Bonchev–Trinajstić information content (AvgIpc) is 3.30. The van der Waals surface area contributed by atoms with E-state index in [1.54, 1.807) is 43.9 Å². The van der Waals surface area contributed by atoms with Gasteiger partial charge in [0.1, 0.15) is 5.75 Å². The molecule has 4 aromatic rings. The average molecular weight is 572 g/mol. The van der Waals surface area contributed by atoms with E-state index in [0.717, 1.165) is 5.56 Å². The number of hydrogen-bond acceptors (Lipinski definition) is 8. The van der Waals surface area contributed by atoms with Crippen molar-refractivity contribution in [2.24, 2.45) is 4.99 Å². The first-order valence-corrected chi connectivity index (χ1v) is 13.5. The number of benzene rings is 3. The summed E-state index contributed by atoms with van der Waals surface area (Å²) in [5.74, 6) is 1.69. The lowest BCUT2D eigenvalue weighted by atomic mass is 9.95. The molecule has 1 N–H and O–H groups in total. The molecule has 0 saturated heterocycles. The zero-order chi connectivity index (χ0) is 29.1. The Morgan fingerprint density at radius 1 is 0.902 bits per heavy atom. The van der Waals surface area contributed by atoms with Crippen molar-refractivity contribution in [3.63, 3.8) is 0 Å². The summed E-state index contributed by atoms with van der Waals surface area (Å²) in [4.78, 5) is 32.9. The first-order chi connectivity index (χ1) is 19.9. The molecule has 1 aliphatic heterocycles. The summed E-state index contributed by atoms with van der Waals surface area (Å²) in [6.45, 7) is 1.78. The molecule has 5 rings (SSSR count). The highest BCUT2D eigenvalue weighted by Gasteiger charge is 2.32. The maximum absolute atomic E-state index is 14.0. The van der Waals surface area contributed by atoms with Gasteiger partial charge in [-0.3, -0.25) is 14.2 Å². The van der Waals surface area contributed by atoms with Crippen LogP contribution in [-0.2, 0) is 4.79 Å². The summed E-state index contributed by atoms with van der Waals surface area (Å²) in [5, 5.41) is 2.96. The Morgan fingerprint density at radius 2 is 1.61 bits per heavy atom. The van der Waals surface area contributed by atoms with E-state index in [9.17, 15) is 9.59 Å². The van der Waals surface area contributed by atoms with Crippen LogP contribution in [0.15, 0.2) is 87.8 Å². The maximum Gasteiger partial charge on any atom is 0.271 e. The van der Waals surface area contributed by atoms with Crippen LogP contribution < -0.4 is 39.2 Å². The smallest absolute Gasteiger partial charge is 0.271 e. The molecule has 2 heterocycles. The predicted molar refractivity (Wildman–Crippen MR) is 158 cm³/mol. The first kappa shape index (κ1) is 27.7. The van der Waals surface area contributed by atoms with Gasteiger partial charge in [0.15, 0.2) is 16.3 Å². The summed E-state index contributed by atoms with van der Waals surface area (Å²) >= 11 is 1.24. The van der Waals surface area contributed by atoms with Crippen molar-refractivity contribution >= 4 is 29.0 Å². The fourth-order valence-electron chi connectivity index (χ4n) is 4.81. The molecule has 1 aliphatic rings. The number of rotatable bonds is 8. The number of para-hydroxylation sites is 1. The van der Waals surface area contributed by atoms with E-state index >= 15 is 0 Å². The molecular formula is C31H29N3O6S. The molecule has 0 radical (unpaired) electrons. The van der Waals surface area contributed by atoms with E-state index in [4.69, 9.17) is 23.9 Å². The first-order valence-electron chi connectivity index (χ1n) is 12.7. The van der Waals surface area contributed by atoms with Crippen LogP contribution in [0.3, 0.4) is 0 Å². The second kappa shape index (κ2) is 11.7. The number of anilines is 1. The highest BCUT2D eigenvalue weighted by Crippen LogP contribution is 2.40. The van der Waals surface area contributed by atoms with Crippen molar-refractivity contribution in [2.45, 2.75) is 13.0 Å². The van der Waals surface area contributed by atoms with Crippen molar-refractivity contribution in [1.82, 2.24) is 4.57 Å². The van der Waals surface area contributed by atoms with Crippen LogP contribution in [0.25, 0.3) is 6.08 Å². The zero-order valence-corrected chi connectivity index (χ0v) is 24.1. The molecule has 1 aromatic heterocycles. The molecule has 210 valence electrons. The summed E-state index contributed by atoms with van der Waals surface area (Å²) in [6.07, 6.45) is 1.73. The van der Waals surface area contributed by atoms with E-state index in [0.29, 0.717) is 54.9 Å². The lowest BCUT2D eigenvalue weighted by Crippen LogP contribution is -2.40. The Morgan fingerprint density at radius 3 is 2.24 bits per heavy atom. The number of allylic oxidation sites excluding steroid dienone is 1. The van der Waals surface area contributed by atoms with Crippen molar-refractivity contribution in [2.75, 3.05) is 33.8 Å². The van der Waals surface area contributed by atoms with E-state index in [-0.39, 0.29) is 11.5 Å². The SMILES string of the molecule is COc1ccc([C@H]2C(C(=O)Nc3ccccc3)=C(C)N=c3s/c(=C/c4ccc(OC)c(OC)c4OC)c(=O)n32)cc1. The van der Waals surface area contributed by atoms with E-state index in [1.807, 2.05) is 54.6 Å². The van der Waals surface area contributed by atoms with Crippen molar-refractivity contribution in [1.29, 1.82) is 0 Å². The standard InChI is InChI=1S/C31H29N3O6S/c1-18-25(29(35)33-21-9-7-6-8-10-21)26(19-11-14-22(37-2)15-12-19)34-30(36)24(41-31(34)32-18)17-20-13-16-23(38-3)28(40-5)27(20)39-4/h6-17,26H,1-5H3,(H,33,35)/b24-17+/t26-/m0/s1. The minimum absolute atomic E-state index is 0.288.